The van der Waals surface area contributed by atoms with Crippen LogP contribution in [0, 0.1) is 11.8 Å². The molecule has 0 aromatic carbocycles. The normalized spacial score (nSPS) is 26.9. The van der Waals surface area contributed by atoms with Gasteiger partial charge < -0.3 is 41.0 Å². The van der Waals surface area contributed by atoms with E-state index >= 15 is 0 Å². The molecule has 2 heterocycles. The first kappa shape index (κ1) is 26.4. The maximum atomic E-state index is 11.6. The highest BCUT2D eigenvalue weighted by Gasteiger charge is 2.36. The van der Waals surface area contributed by atoms with E-state index < -0.39 is 23.4 Å². The Hall–Kier alpha value is -1.62. The molecule has 0 bridgehead atoms. The number of hydrogen-bond acceptors (Lipinski definition) is 8. The predicted molar refractivity (Wildman–Crippen MR) is 113 cm³/mol. The Bertz CT molecular complexity index is 525. The van der Waals surface area contributed by atoms with E-state index in [1.54, 1.807) is 0 Å². The first-order chi connectivity index (χ1) is 13.7. The molecule has 0 radical (unpaired) electrons. The number of carbonyl (C=O) groups is 2. The van der Waals surface area contributed by atoms with Crippen LogP contribution >= 0.6 is 0 Å². The molecular formula is C20H40N4O6. The summed E-state index contributed by atoms with van der Waals surface area (Å²) in [4.78, 5) is 26.3. The monoisotopic (exact) mass is 432 g/mol. The lowest BCUT2D eigenvalue weighted by molar-refractivity contribution is 0.0261. The van der Waals surface area contributed by atoms with Crippen molar-refractivity contribution in [3.63, 3.8) is 0 Å². The van der Waals surface area contributed by atoms with E-state index in [0.29, 0.717) is 39.3 Å². The second kappa shape index (κ2) is 10.6. The molecule has 2 saturated heterocycles. The van der Waals surface area contributed by atoms with Crippen LogP contribution in [0.1, 0.15) is 41.5 Å². The molecule has 30 heavy (non-hydrogen) atoms. The molecule has 0 aromatic heterocycles. The summed E-state index contributed by atoms with van der Waals surface area (Å²) in [5.74, 6) is -0.0602. The zero-order valence-electron chi connectivity index (χ0n) is 19.1. The minimum Gasteiger partial charge on any atom is -0.444 e. The van der Waals surface area contributed by atoms with Gasteiger partial charge in [0, 0.05) is 24.9 Å². The number of likely N-dealkylation sites (tertiary alicyclic amines) is 2. The number of amides is 2. The highest BCUT2D eigenvalue weighted by atomic mass is 16.6. The third-order valence-electron chi connectivity index (χ3n) is 4.72. The van der Waals surface area contributed by atoms with E-state index in [1.165, 1.54) is 9.80 Å². The van der Waals surface area contributed by atoms with Gasteiger partial charge >= 0.3 is 12.2 Å². The van der Waals surface area contributed by atoms with Gasteiger partial charge in [-0.25, -0.2) is 9.59 Å². The first-order valence-corrected chi connectivity index (χ1v) is 10.4. The average Bonchev–Trinajstić information content (AvgIpc) is 3.15. The lowest BCUT2D eigenvalue weighted by atomic mass is 10.1. The van der Waals surface area contributed by atoms with Crippen LogP contribution < -0.4 is 11.5 Å². The van der Waals surface area contributed by atoms with Crippen molar-refractivity contribution in [1.29, 1.82) is 0 Å². The van der Waals surface area contributed by atoms with Gasteiger partial charge in [-0.05, 0) is 54.6 Å². The Labute approximate surface area is 179 Å². The van der Waals surface area contributed by atoms with Gasteiger partial charge in [-0.1, -0.05) is 0 Å². The van der Waals surface area contributed by atoms with Crippen molar-refractivity contribution in [2.45, 2.75) is 65.0 Å². The molecule has 176 valence electrons. The van der Waals surface area contributed by atoms with Crippen LogP contribution in [0.5, 0.6) is 0 Å². The summed E-state index contributed by atoms with van der Waals surface area (Å²) >= 11 is 0. The smallest absolute Gasteiger partial charge is 0.410 e. The Morgan fingerprint density at radius 1 is 0.767 bits per heavy atom. The van der Waals surface area contributed by atoms with Gasteiger partial charge in [0.25, 0.3) is 0 Å². The van der Waals surface area contributed by atoms with E-state index in [2.05, 4.69) is 0 Å². The number of hydrogen-bond donors (Lipinski definition) is 4. The van der Waals surface area contributed by atoms with Crippen molar-refractivity contribution in [2.24, 2.45) is 23.3 Å². The van der Waals surface area contributed by atoms with E-state index in [-0.39, 0.29) is 24.0 Å². The Morgan fingerprint density at radius 2 is 1.07 bits per heavy atom. The summed E-state index contributed by atoms with van der Waals surface area (Å²) in [5.41, 5.74) is 9.96. The van der Waals surface area contributed by atoms with E-state index in [9.17, 15) is 19.8 Å². The molecule has 2 rings (SSSR count). The molecule has 6 N–H and O–H groups in total. The Balaban J connectivity index is 0.000000300. The molecule has 2 aliphatic heterocycles. The molecule has 10 heteroatoms. The average molecular weight is 433 g/mol. The minimum absolute atomic E-state index is 0.0301. The van der Waals surface area contributed by atoms with Gasteiger partial charge in [0.15, 0.2) is 0 Å². The van der Waals surface area contributed by atoms with Gasteiger partial charge in [0.1, 0.15) is 11.2 Å². The van der Waals surface area contributed by atoms with E-state index in [4.69, 9.17) is 20.9 Å². The molecule has 4 atom stereocenters. The number of rotatable bonds is 2. The summed E-state index contributed by atoms with van der Waals surface area (Å²) in [7, 11) is 0. The number of β-amino-alcohol motifs (C(OH)–C–C–N with tert-alkyl or cyclic N) is 2. The number of nitrogens with zero attached hydrogens (tertiary/aromatic N) is 2. The summed E-state index contributed by atoms with van der Waals surface area (Å²) in [5, 5.41) is 19.2. The molecule has 2 amide bonds. The molecular weight excluding hydrogens is 392 g/mol. The molecule has 0 spiro atoms. The molecule has 0 saturated carbocycles. The lowest BCUT2D eigenvalue weighted by Crippen LogP contribution is -2.36. The van der Waals surface area contributed by atoms with Gasteiger partial charge in [-0.3, -0.25) is 0 Å². The van der Waals surface area contributed by atoms with Crippen LogP contribution in [0.4, 0.5) is 9.59 Å². The largest absolute Gasteiger partial charge is 0.444 e. The third-order valence-corrected chi connectivity index (χ3v) is 4.72. The number of aliphatic hydroxyl groups excluding tert-OH is 2. The van der Waals surface area contributed by atoms with Crippen LogP contribution in [-0.4, -0.2) is 94.9 Å². The highest BCUT2D eigenvalue weighted by Crippen LogP contribution is 2.20. The van der Waals surface area contributed by atoms with Crippen molar-refractivity contribution in [2.75, 3.05) is 39.3 Å². The molecule has 2 fully saturated rings. The lowest BCUT2D eigenvalue weighted by Gasteiger charge is -2.24. The van der Waals surface area contributed by atoms with E-state index in [1.807, 2.05) is 41.5 Å². The van der Waals surface area contributed by atoms with Gasteiger partial charge in [-0.2, -0.15) is 0 Å². The molecule has 2 aliphatic rings. The Morgan fingerprint density at radius 3 is 1.27 bits per heavy atom. The standard InChI is InChI=1S/2C10H20N2O3/c2*1-10(2,3)15-9(14)12-5-7(4-11)8(13)6-12/h2*7-8,13H,4-6,11H2,1-3H3/t2*7-,8+/m10/s1. The second-order valence-electron chi connectivity index (χ2n) is 9.90. The van der Waals surface area contributed by atoms with Gasteiger partial charge in [0.2, 0.25) is 0 Å². The first-order valence-electron chi connectivity index (χ1n) is 10.4. The highest BCUT2D eigenvalue weighted by molar-refractivity contribution is 5.69. The number of aliphatic hydroxyl groups is 2. The fourth-order valence-corrected chi connectivity index (χ4v) is 3.12. The topological polar surface area (TPSA) is 152 Å². The zero-order chi connectivity index (χ0) is 23.3. The summed E-state index contributed by atoms with van der Waals surface area (Å²) < 4.78 is 10.4. The number of ether oxygens (including phenoxy) is 2. The third kappa shape index (κ3) is 8.63. The summed E-state index contributed by atoms with van der Waals surface area (Å²) in [6, 6.07) is 0. The van der Waals surface area contributed by atoms with Crippen molar-refractivity contribution < 1.29 is 29.3 Å². The van der Waals surface area contributed by atoms with Crippen LogP contribution in [0.25, 0.3) is 0 Å². The van der Waals surface area contributed by atoms with Gasteiger partial charge in [-0.15, -0.1) is 0 Å². The quantitative estimate of drug-likeness (QED) is 0.488. The predicted octanol–water partition coefficient (Wildman–Crippen LogP) is 0.346. The van der Waals surface area contributed by atoms with Crippen LogP contribution in [-0.2, 0) is 9.47 Å². The minimum atomic E-state index is -0.525. The van der Waals surface area contributed by atoms with Crippen molar-refractivity contribution in [1.82, 2.24) is 9.80 Å². The Kier molecular flexibility index (Phi) is 9.34. The fourth-order valence-electron chi connectivity index (χ4n) is 3.12. The van der Waals surface area contributed by atoms with Crippen LogP contribution in [0.3, 0.4) is 0 Å². The molecule has 0 aromatic rings. The molecule has 10 nitrogen and oxygen atoms in total. The SMILES string of the molecule is CC(C)(C)OC(=O)N1C[C@@H](CN)[C@@H](O)C1.CC(C)(C)OC(=O)N1C[C@H](CN)[C@H](O)C1. The fraction of sp³-hybridized carbons (Fsp3) is 0.900. The zero-order valence-corrected chi connectivity index (χ0v) is 19.1. The van der Waals surface area contributed by atoms with Crippen molar-refractivity contribution in [3.05, 3.63) is 0 Å². The van der Waals surface area contributed by atoms with Crippen molar-refractivity contribution >= 4 is 12.2 Å². The van der Waals surface area contributed by atoms with Crippen molar-refractivity contribution in [3.8, 4) is 0 Å². The second-order valence-corrected chi connectivity index (χ2v) is 9.90. The van der Waals surface area contributed by atoms with E-state index in [0.717, 1.165) is 0 Å². The maximum absolute atomic E-state index is 11.6. The maximum Gasteiger partial charge on any atom is 0.410 e. The number of carbonyl (C=O) groups excluding carboxylic acids is 2. The van der Waals surface area contributed by atoms with Crippen LogP contribution in [0.15, 0.2) is 0 Å². The van der Waals surface area contributed by atoms with Crippen LogP contribution in [0.2, 0.25) is 0 Å². The number of nitrogens with two attached hydrogens (primary N) is 2. The molecule has 0 aliphatic carbocycles. The summed E-state index contributed by atoms with van der Waals surface area (Å²) in [6.45, 7) is 13.3. The van der Waals surface area contributed by atoms with Gasteiger partial charge in [0.05, 0.1) is 25.3 Å². The molecule has 0 unspecified atom stereocenters. The summed E-state index contributed by atoms with van der Waals surface area (Å²) in [6.07, 6.45) is -1.81.